The van der Waals surface area contributed by atoms with E-state index in [-0.39, 0.29) is 5.91 Å². The monoisotopic (exact) mass is 442 g/mol. The van der Waals surface area contributed by atoms with Crippen LogP contribution in [0.25, 0.3) is 0 Å². The van der Waals surface area contributed by atoms with Gasteiger partial charge in [-0.2, -0.15) is 0 Å². The second-order valence-corrected chi connectivity index (χ2v) is 9.00. The van der Waals surface area contributed by atoms with Gasteiger partial charge >= 0.3 is 0 Å². The molecule has 1 aliphatic heterocycles. The Morgan fingerprint density at radius 3 is 2.73 bits per heavy atom. The van der Waals surface area contributed by atoms with Gasteiger partial charge in [-0.1, -0.05) is 43.2 Å². The smallest absolute Gasteiger partial charge is 0.223 e. The molecular weight excluding hydrogens is 412 g/mol. The molecule has 1 N–H and O–H groups in total. The van der Waals surface area contributed by atoms with E-state index in [0.717, 1.165) is 41.3 Å². The number of hydrogen-bond acceptors (Lipinski definition) is 5. The Kier molecular flexibility index (Phi) is 6.51. The Morgan fingerprint density at radius 2 is 1.88 bits per heavy atom. The number of benzene rings is 2. The van der Waals surface area contributed by atoms with Gasteiger partial charge in [-0.3, -0.25) is 4.79 Å². The van der Waals surface area contributed by atoms with Crippen molar-refractivity contribution in [1.82, 2.24) is 14.9 Å². The number of rotatable bonds is 7. The van der Waals surface area contributed by atoms with Crippen LogP contribution in [0.15, 0.2) is 60.8 Å². The third-order valence-electron chi connectivity index (χ3n) is 6.55. The number of carbonyl (C=O) groups excluding carboxylic acids is 1. The number of aromatic nitrogens is 2. The van der Waals surface area contributed by atoms with Gasteiger partial charge in [0.15, 0.2) is 0 Å². The highest BCUT2D eigenvalue weighted by Crippen LogP contribution is 2.29. The topological polar surface area (TPSA) is 67.4 Å². The highest BCUT2D eigenvalue weighted by molar-refractivity contribution is 5.76. The molecule has 6 heteroatoms. The molecule has 2 aromatic carbocycles. The van der Waals surface area contributed by atoms with Gasteiger partial charge in [0, 0.05) is 44.2 Å². The van der Waals surface area contributed by atoms with Gasteiger partial charge < -0.3 is 15.0 Å². The van der Waals surface area contributed by atoms with Crippen LogP contribution in [-0.4, -0.2) is 27.3 Å². The van der Waals surface area contributed by atoms with Crippen LogP contribution in [0.4, 0.5) is 5.95 Å². The predicted molar refractivity (Wildman–Crippen MR) is 128 cm³/mol. The standard InChI is InChI=1S/C27H30N4O2/c32-26(16-20-7-4-5-8-20)31-14-13-25-22(19-31)18-29-27(30-25)28-17-21-9-6-12-24(15-21)33-23-10-2-1-3-11-23/h1-3,6,9-12,15,18,20H,4-5,7-8,13-14,16-17,19H2,(H,28,29,30). The number of carbonyl (C=O) groups is 1. The molecule has 33 heavy (non-hydrogen) atoms. The van der Waals surface area contributed by atoms with Gasteiger partial charge in [0.1, 0.15) is 11.5 Å². The number of nitrogens with zero attached hydrogens (tertiary/aromatic N) is 3. The Bertz CT molecular complexity index is 1100. The highest BCUT2D eigenvalue weighted by Gasteiger charge is 2.25. The predicted octanol–water partition coefficient (Wildman–Crippen LogP) is 5.35. The van der Waals surface area contributed by atoms with E-state index in [1.54, 1.807) is 0 Å². The maximum absolute atomic E-state index is 12.7. The van der Waals surface area contributed by atoms with E-state index in [4.69, 9.17) is 9.72 Å². The molecule has 1 fully saturated rings. The maximum atomic E-state index is 12.7. The van der Waals surface area contributed by atoms with Crippen molar-refractivity contribution in [3.05, 3.63) is 77.6 Å². The zero-order valence-corrected chi connectivity index (χ0v) is 18.9. The number of nitrogens with one attached hydrogen (secondary N) is 1. The SMILES string of the molecule is O=C(CC1CCCC1)N1CCc2nc(NCc3cccc(Oc4ccccc4)c3)ncc2C1. The first kappa shape index (κ1) is 21.4. The molecule has 170 valence electrons. The summed E-state index contributed by atoms with van der Waals surface area (Å²) in [6.45, 7) is 1.98. The lowest BCUT2D eigenvalue weighted by atomic mass is 10.0. The van der Waals surface area contributed by atoms with E-state index < -0.39 is 0 Å². The van der Waals surface area contributed by atoms with Crippen molar-refractivity contribution in [1.29, 1.82) is 0 Å². The van der Waals surface area contributed by atoms with Crippen molar-refractivity contribution >= 4 is 11.9 Å². The van der Waals surface area contributed by atoms with Gasteiger partial charge in [0.05, 0.1) is 5.69 Å². The van der Waals surface area contributed by atoms with E-state index in [2.05, 4.69) is 16.4 Å². The third-order valence-corrected chi connectivity index (χ3v) is 6.55. The van der Waals surface area contributed by atoms with E-state index >= 15 is 0 Å². The second-order valence-electron chi connectivity index (χ2n) is 9.00. The molecule has 3 aromatic rings. The van der Waals surface area contributed by atoms with Gasteiger partial charge in [-0.05, 0) is 48.6 Å². The van der Waals surface area contributed by atoms with E-state index in [9.17, 15) is 4.79 Å². The number of amides is 1. The second kappa shape index (κ2) is 10.0. The van der Waals surface area contributed by atoms with Gasteiger partial charge in [-0.15, -0.1) is 0 Å². The molecule has 6 nitrogen and oxygen atoms in total. The van der Waals surface area contributed by atoms with Crippen LogP contribution in [0.2, 0.25) is 0 Å². The molecule has 1 saturated carbocycles. The number of para-hydroxylation sites is 1. The summed E-state index contributed by atoms with van der Waals surface area (Å²) >= 11 is 0. The summed E-state index contributed by atoms with van der Waals surface area (Å²) in [5, 5.41) is 3.33. The number of fused-ring (bicyclic) bond motifs is 1. The minimum absolute atomic E-state index is 0.285. The number of ether oxygens (including phenoxy) is 1. The maximum Gasteiger partial charge on any atom is 0.223 e. The first-order chi connectivity index (χ1) is 16.2. The van der Waals surface area contributed by atoms with E-state index in [0.29, 0.717) is 31.4 Å². The molecule has 1 aromatic heterocycles. The molecule has 0 bridgehead atoms. The van der Waals surface area contributed by atoms with Crippen LogP contribution >= 0.6 is 0 Å². The molecule has 0 atom stereocenters. The van der Waals surface area contributed by atoms with Crippen molar-refractivity contribution in [2.24, 2.45) is 5.92 Å². The molecule has 5 rings (SSSR count). The van der Waals surface area contributed by atoms with E-state index in [1.807, 2.05) is 59.6 Å². The first-order valence-corrected chi connectivity index (χ1v) is 11.9. The average Bonchev–Trinajstić information content (AvgIpc) is 3.36. The van der Waals surface area contributed by atoms with Crippen LogP contribution in [0.1, 0.15) is 48.9 Å². The molecule has 0 saturated heterocycles. The lowest BCUT2D eigenvalue weighted by Gasteiger charge is -2.29. The lowest BCUT2D eigenvalue weighted by Crippen LogP contribution is -2.37. The van der Waals surface area contributed by atoms with Crippen molar-refractivity contribution in [3.8, 4) is 11.5 Å². The summed E-state index contributed by atoms with van der Waals surface area (Å²) in [5.41, 5.74) is 3.19. The first-order valence-electron chi connectivity index (χ1n) is 11.9. The molecule has 2 heterocycles. The van der Waals surface area contributed by atoms with Crippen molar-refractivity contribution in [2.45, 2.75) is 51.6 Å². The zero-order valence-electron chi connectivity index (χ0n) is 18.9. The van der Waals surface area contributed by atoms with Gasteiger partial charge in [0.2, 0.25) is 11.9 Å². The van der Waals surface area contributed by atoms with Crippen molar-refractivity contribution in [2.75, 3.05) is 11.9 Å². The van der Waals surface area contributed by atoms with Crippen molar-refractivity contribution < 1.29 is 9.53 Å². The van der Waals surface area contributed by atoms with Crippen molar-refractivity contribution in [3.63, 3.8) is 0 Å². The zero-order chi connectivity index (χ0) is 22.5. The molecule has 0 spiro atoms. The molecule has 2 aliphatic rings. The molecule has 1 aliphatic carbocycles. The minimum Gasteiger partial charge on any atom is -0.457 e. The molecule has 1 amide bonds. The van der Waals surface area contributed by atoms with E-state index in [1.165, 1.54) is 25.7 Å². The molecule has 0 radical (unpaired) electrons. The summed E-state index contributed by atoms with van der Waals surface area (Å²) in [5.74, 6) is 3.10. The van der Waals surface area contributed by atoms with Gasteiger partial charge in [0.25, 0.3) is 0 Å². The highest BCUT2D eigenvalue weighted by atomic mass is 16.5. The van der Waals surface area contributed by atoms with Crippen LogP contribution in [0.3, 0.4) is 0 Å². The summed E-state index contributed by atoms with van der Waals surface area (Å²) in [4.78, 5) is 23.9. The summed E-state index contributed by atoms with van der Waals surface area (Å²) in [7, 11) is 0. The normalized spacial score (nSPS) is 15.8. The largest absolute Gasteiger partial charge is 0.457 e. The Hall–Kier alpha value is -3.41. The Labute approximate surface area is 195 Å². The Morgan fingerprint density at radius 1 is 1.06 bits per heavy atom. The fraction of sp³-hybridized carbons (Fsp3) is 0.370. The van der Waals surface area contributed by atoms with Crippen LogP contribution < -0.4 is 10.1 Å². The Balaban J connectivity index is 1.17. The average molecular weight is 443 g/mol. The number of hydrogen-bond donors (Lipinski definition) is 1. The summed E-state index contributed by atoms with van der Waals surface area (Å²) in [6, 6.07) is 17.8. The minimum atomic E-state index is 0.285. The van der Waals surface area contributed by atoms with Crippen LogP contribution in [-0.2, 0) is 24.3 Å². The third kappa shape index (κ3) is 5.51. The quantitative estimate of drug-likeness (QED) is 0.535. The van der Waals surface area contributed by atoms with Crippen LogP contribution in [0.5, 0.6) is 11.5 Å². The summed E-state index contributed by atoms with van der Waals surface area (Å²) in [6.07, 6.45) is 8.30. The van der Waals surface area contributed by atoms with Crippen LogP contribution in [0, 0.1) is 5.92 Å². The number of anilines is 1. The fourth-order valence-electron chi connectivity index (χ4n) is 4.73. The molecule has 0 unspecified atom stereocenters. The fourth-order valence-corrected chi connectivity index (χ4v) is 4.73. The summed E-state index contributed by atoms with van der Waals surface area (Å²) < 4.78 is 5.93. The molecular formula is C27H30N4O2. The van der Waals surface area contributed by atoms with Gasteiger partial charge in [-0.25, -0.2) is 9.97 Å². The lowest BCUT2D eigenvalue weighted by molar-refractivity contribution is -0.133.